The van der Waals surface area contributed by atoms with Gasteiger partial charge in [0, 0.05) is 12.5 Å². The van der Waals surface area contributed by atoms with Crippen LogP contribution in [0.2, 0.25) is 0 Å². The maximum Gasteiger partial charge on any atom is 0.147 e. The lowest BCUT2D eigenvalue weighted by atomic mass is 10.2. The number of aliphatic hydroxyl groups excluding tert-OH is 1. The predicted octanol–water partition coefficient (Wildman–Crippen LogP) is 0.253. The second kappa shape index (κ2) is 4.67. The van der Waals surface area contributed by atoms with E-state index in [1.807, 2.05) is 0 Å². The van der Waals surface area contributed by atoms with E-state index in [2.05, 4.69) is 9.97 Å². The molecule has 0 radical (unpaired) electrons. The van der Waals surface area contributed by atoms with Crippen LogP contribution in [0.4, 0.5) is 0 Å². The van der Waals surface area contributed by atoms with E-state index in [4.69, 9.17) is 0 Å². The van der Waals surface area contributed by atoms with Crippen LogP contribution in [0, 0.1) is 6.92 Å². The zero-order chi connectivity index (χ0) is 11.5. The summed E-state index contributed by atoms with van der Waals surface area (Å²) in [5.74, 6) is 0.517. The van der Waals surface area contributed by atoms with Crippen LogP contribution in [0.1, 0.15) is 24.0 Å². The van der Waals surface area contributed by atoms with Crippen molar-refractivity contribution < 1.29 is 13.5 Å². The molecule has 0 saturated heterocycles. The Morgan fingerprint density at radius 2 is 2.20 bits per heavy atom. The molecule has 0 aromatic carbocycles. The molecule has 1 atom stereocenters. The molecule has 5 nitrogen and oxygen atoms in total. The molecule has 0 spiro atoms. The minimum absolute atomic E-state index is 0.0444. The van der Waals surface area contributed by atoms with Crippen molar-refractivity contribution in [1.82, 2.24) is 9.97 Å². The van der Waals surface area contributed by atoms with Gasteiger partial charge in [-0.2, -0.15) is 0 Å². The number of aliphatic hydroxyl groups is 1. The third-order valence-electron chi connectivity index (χ3n) is 1.90. The van der Waals surface area contributed by atoms with Gasteiger partial charge in [-0.05, 0) is 19.4 Å². The summed E-state index contributed by atoms with van der Waals surface area (Å²) in [7, 11) is -3.04. The van der Waals surface area contributed by atoms with E-state index in [0.29, 0.717) is 11.5 Å². The van der Waals surface area contributed by atoms with Crippen LogP contribution in [0.15, 0.2) is 12.3 Å². The van der Waals surface area contributed by atoms with Crippen molar-refractivity contribution >= 4 is 9.84 Å². The van der Waals surface area contributed by atoms with Crippen molar-refractivity contribution in [2.75, 3.05) is 12.0 Å². The van der Waals surface area contributed by atoms with Gasteiger partial charge in [0.2, 0.25) is 0 Å². The number of sulfone groups is 1. The normalized spacial score (nSPS) is 13.8. The van der Waals surface area contributed by atoms with E-state index in [9.17, 15) is 13.5 Å². The van der Waals surface area contributed by atoms with E-state index < -0.39 is 15.9 Å². The van der Waals surface area contributed by atoms with E-state index in [1.54, 1.807) is 19.2 Å². The summed E-state index contributed by atoms with van der Waals surface area (Å²) in [5, 5.41) is 9.65. The molecule has 0 bridgehead atoms. The average molecular weight is 230 g/mol. The highest BCUT2D eigenvalue weighted by atomic mass is 32.2. The molecule has 15 heavy (non-hydrogen) atoms. The number of aromatic nitrogens is 2. The highest BCUT2D eigenvalue weighted by Gasteiger charge is 2.12. The van der Waals surface area contributed by atoms with E-state index >= 15 is 0 Å². The monoisotopic (exact) mass is 230 g/mol. The molecule has 1 N–H and O–H groups in total. The molecule has 1 rings (SSSR count). The third-order valence-corrected chi connectivity index (χ3v) is 2.88. The predicted molar refractivity (Wildman–Crippen MR) is 56.1 cm³/mol. The maximum atomic E-state index is 10.9. The van der Waals surface area contributed by atoms with Gasteiger partial charge < -0.3 is 5.11 Å². The Morgan fingerprint density at radius 1 is 1.53 bits per heavy atom. The zero-order valence-electron chi connectivity index (χ0n) is 8.71. The molecular formula is C9H14N2O3S. The summed E-state index contributed by atoms with van der Waals surface area (Å²) in [5.41, 5.74) is 0.464. The van der Waals surface area contributed by atoms with Gasteiger partial charge in [0.1, 0.15) is 15.7 Å². The number of hydrogen-bond donors (Lipinski definition) is 1. The summed E-state index contributed by atoms with van der Waals surface area (Å²) < 4.78 is 21.8. The second-order valence-corrected chi connectivity index (χ2v) is 5.72. The molecule has 1 heterocycles. The van der Waals surface area contributed by atoms with Gasteiger partial charge >= 0.3 is 0 Å². The molecule has 84 valence electrons. The summed E-state index contributed by atoms with van der Waals surface area (Å²) in [6.45, 7) is 1.72. The molecule has 0 aliphatic carbocycles. The van der Waals surface area contributed by atoms with E-state index in [1.165, 1.54) is 0 Å². The van der Waals surface area contributed by atoms with Gasteiger partial charge in [-0.1, -0.05) is 0 Å². The summed E-state index contributed by atoms with van der Waals surface area (Å²) in [6.07, 6.45) is 2.00. The van der Waals surface area contributed by atoms with Gasteiger partial charge in [0.05, 0.1) is 17.6 Å². The van der Waals surface area contributed by atoms with E-state index in [-0.39, 0.29) is 12.2 Å². The molecule has 0 aliphatic rings. The van der Waals surface area contributed by atoms with Crippen LogP contribution in [-0.2, 0) is 9.84 Å². The third kappa shape index (κ3) is 4.35. The standard InChI is InChI=1S/C9H14N2O3S/c1-7-10-5-3-8(11-7)9(12)4-6-15(2,13)14/h3,5,9,12H,4,6H2,1-2H3. The zero-order valence-corrected chi connectivity index (χ0v) is 9.53. The molecule has 1 unspecified atom stereocenters. The van der Waals surface area contributed by atoms with Crippen LogP contribution in [-0.4, -0.2) is 35.5 Å². The fourth-order valence-corrected chi connectivity index (χ4v) is 1.79. The molecule has 0 fully saturated rings. The first-order valence-electron chi connectivity index (χ1n) is 4.54. The molecule has 0 amide bonds. The molecular weight excluding hydrogens is 216 g/mol. The first-order chi connectivity index (χ1) is 6.88. The Bertz CT molecular complexity index is 431. The lowest BCUT2D eigenvalue weighted by Gasteiger charge is -2.09. The lowest BCUT2D eigenvalue weighted by Crippen LogP contribution is -2.10. The largest absolute Gasteiger partial charge is 0.387 e. The van der Waals surface area contributed by atoms with Crippen LogP contribution in [0.25, 0.3) is 0 Å². The molecule has 6 heteroatoms. The van der Waals surface area contributed by atoms with Crippen LogP contribution < -0.4 is 0 Å². The Hall–Kier alpha value is -1.01. The average Bonchev–Trinajstić information content (AvgIpc) is 2.13. The molecule has 0 aliphatic heterocycles. The van der Waals surface area contributed by atoms with Crippen LogP contribution >= 0.6 is 0 Å². The Balaban J connectivity index is 2.65. The molecule has 1 aromatic heterocycles. The van der Waals surface area contributed by atoms with Gasteiger partial charge in [0.15, 0.2) is 0 Å². The Morgan fingerprint density at radius 3 is 2.73 bits per heavy atom. The van der Waals surface area contributed by atoms with Crippen molar-refractivity contribution in [3.63, 3.8) is 0 Å². The highest BCUT2D eigenvalue weighted by molar-refractivity contribution is 7.90. The minimum Gasteiger partial charge on any atom is -0.387 e. The van der Waals surface area contributed by atoms with Crippen molar-refractivity contribution in [2.24, 2.45) is 0 Å². The summed E-state index contributed by atoms with van der Waals surface area (Å²) >= 11 is 0. The number of aryl methyl sites for hydroxylation is 1. The first-order valence-corrected chi connectivity index (χ1v) is 6.60. The Kier molecular flexibility index (Phi) is 3.76. The van der Waals surface area contributed by atoms with Crippen molar-refractivity contribution in [3.05, 3.63) is 23.8 Å². The molecule has 0 saturated carbocycles. The maximum absolute atomic E-state index is 10.9. The van der Waals surface area contributed by atoms with Crippen LogP contribution in [0.3, 0.4) is 0 Å². The lowest BCUT2D eigenvalue weighted by molar-refractivity contribution is 0.169. The van der Waals surface area contributed by atoms with Crippen LogP contribution in [0.5, 0.6) is 0 Å². The summed E-state index contributed by atoms with van der Waals surface area (Å²) in [4.78, 5) is 7.91. The minimum atomic E-state index is -3.04. The van der Waals surface area contributed by atoms with Crippen molar-refractivity contribution in [2.45, 2.75) is 19.4 Å². The van der Waals surface area contributed by atoms with E-state index in [0.717, 1.165) is 6.26 Å². The van der Waals surface area contributed by atoms with Gasteiger partial charge in [-0.15, -0.1) is 0 Å². The summed E-state index contributed by atoms with van der Waals surface area (Å²) in [6, 6.07) is 1.58. The topological polar surface area (TPSA) is 80.2 Å². The number of rotatable bonds is 4. The first kappa shape index (κ1) is 12.1. The second-order valence-electron chi connectivity index (χ2n) is 3.46. The van der Waals surface area contributed by atoms with Crippen molar-refractivity contribution in [3.8, 4) is 0 Å². The van der Waals surface area contributed by atoms with Gasteiger partial charge in [-0.25, -0.2) is 18.4 Å². The molecule has 1 aromatic rings. The number of nitrogens with zero attached hydrogens (tertiary/aromatic N) is 2. The SMILES string of the molecule is Cc1nccc(C(O)CCS(C)(=O)=O)n1. The van der Waals surface area contributed by atoms with Gasteiger partial charge in [-0.3, -0.25) is 0 Å². The highest BCUT2D eigenvalue weighted by Crippen LogP contribution is 2.14. The smallest absolute Gasteiger partial charge is 0.147 e. The van der Waals surface area contributed by atoms with Crippen molar-refractivity contribution in [1.29, 1.82) is 0 Å². The quantitative estimate of drug-likeness (QED) is 0.802. The fourth-order valence-electron chi connectivity index (χ4n) is 1.13. The Labute approximate surface area is 89.1 Å². The van der Waals surface area contributed by atoms with Gasteiger partial charge in [0.25, 0.3) is 0 Å². The fraction of sp³-hybridized carbons (Fsp3) is 0.556. The number of hydrogen-bond acceptors (Lipinski definition) is 5.